The minimum Gasteiger partial charge on any atom is -0.479 e. The van der Waals surface area contributed by atoms with Crippen LogP contribution in [0.15, 0.2) is 48.5 Å². The van der Waals surface area contributed by atoms with E-state index in [9.17, 15) is 9.90 Å². The smallest absolute Gasteiger partial charge is 0.337 e. The normalized spacial score (nSPS) is 12.1. The number of aliphatic carboxylic acids is 1. The zero-order chi connectivity index (χ0) is 13.1. The predicted octanol–water partition coefficient (Wildman–Crippen LogP) is 2.05. The zero-order valence-electron chi connectivity index (χ0n) is 9.58. The molecule has 0 saturated carbocycles. The Balaban J connectivity index is 2.40. The van der Waals surface area contributed by atoms with E-state index in [1.54, 1.807) is 12.1 Å². The highest BCUT2D eigenvalue weighted by molar-refractivity contribution is 5.78. The molecule has 0 radical (unpaired) electrons. The molecule has 0 spiro atoms. The molecule has 0 aromatic heterocycles. The van der Waals surface area contributed by atoms with Crippen molar-refractivity contribution in [2.75, 3.05) is 5.73 Å². The molecular formula is C14H13NO3. The fraction of sp³-hybridized carbons (Fsp3) is 0.0714. The van der Waals surface area contributed by atoms with Crippen LogP contribution in [0.1, 0.15) is 11.7 Å². The number of carboxylic acids is 1. The van der Waals surface area contributed by atoms with Crippen molar-refractivity contribution in [3.05, 3.63) is 54.1 Å². The van der Waals surface area contributed by atoms with Crippen LogP contribution in [0.2, 0.25) is 0 Å². The van der Waals surface area contributed by atoms with E-state index in [1.807, 2.05) is 30.3 Å². The van der Waals surface area contributed by atoms with Gasteiger partial charge in [0.25, 0.3) is 0 Å². The first-order valence-corrected chi connectivity index (χ1v) is 5.45. The summed E-state index contributed by atoms with van der Waals surface area (Å²) in [5.41, 5.74) is 8.12. The lowest BCUT2D eigenvalue weighted by Gasteiger charge is -2.11. The van der Waals surface area contributed by atoms with Crippen molar-refractivity contribution in [3.63, 3.8) is 0 Å². The van der Waals surface area contributed by atoms with E-state index in [2.05, 4.69) is 0 Å². The monoisotopic (exact) mass is 243 g/mol. The van der Waals surface area contributed by atoms with E-state index in [0.717, 1.165) is 11.1 Å². The summed E-state index contributed by atoms with van der Waals surface area (Å²) in [6.45, 7) is 0. The molecule has 92 valence electrons. The number of carboxylic acid groups (broad SMARTS) is 1. The molecule has 0 heterocycles. The number of hydrogen-bond donors (Lipinski definition) is 3. The molecule has 4 nitrogen and oxygen atoms in total. The molecule has 2 aromatic rings. The Morgan fingerprint density at radius 3 is 2.28 bits per heavy atom. The average molecular weight is 243 g/mol. The number of hydrogen-bond acceptors (Lipinski definition) is 3. The topological polar surface area (TPSA) is 83.5 Å². The number of rotatable bonds is 3. The molecule has 1 atom stereocenters. The Labute approximate surface area is 104 Å². The maximum atomic E-state index is 10.7. The average Bonchev–Trinajstić information content (AvgIpc) is 2.38. The maximum Gasteiger partial charge on any atom is 0.337 e. The molecule has 0 saturated heterocycles. The number of benzene rings is 2. The number of anilines is 1. The molecule has 1 unspecified atom stereocenters. The first-order valence-electron chi connectivity index (χ1n) is 5.45. The van der Waals surface area contributed by atoms with Gasteiger partial charge in [0.15, 0.2) is 6.10 Å². The predicted molar refractivity (Wildman–Crippen MR) is 68.9 cm³/mol. The molecule has 2 rings (SSSR count). The third kappa shape index (κ3) is 2.33. The molecule has 0 fully saturated rings. The van der Waals surface area contributed by atoms with Gasteiger partial charge < -0.3 is 15.9 Å². The van der Waals surface area contributed by atoms with Crippen molar-refractivity contribution >= 4 is 11.7 Å². The van der Waals surface area contributed by atoms with Gasteiger partial charge in [0.05, 0.1) is 0 Å². The summed E-state index contributed by atoms with van der Waals surface area (Å²) in [7, 11) is 0. The summed E-state index contributed by atoms with van der Waals surface area (Å²) < 4.78 is 0. The Morgan fingerprint density at radius 2 is 1.72 bits per heavy atom. The number of nitrogens with two attached hydrogens (primary N) is 1. The molecule has 18 heavy (non-hydrogen) atoms. The molecule has 0 aliphatic rings. The Morgan fingerprint density at radius 1 is 1.06 bits per heavy atom. The van der Waals surface area contributed by atoms with Crippen LogP contribution >= 0.6 is 0 Å². The molecule has 2 aromatic carbocycles. The van der Waals surface area contributed by atoms with Crippen molar-refractivity contribution in [1.82, 2.24) is 0 Å². The van der Waals surface area contributed by atoms with Gasteiger partial charge in [0, 0.05) is 11.3 Å². The molecule has 0 amide bonds. The van der Waals surface area contributed by atoms with Gasteiger partial charge in [-0.2, -0.15) is 0 Å². The van der Waals surface area contributed by atoms with Crippen molar-refractivity contribution in [2.45, 2.75) is 6.10 Å². The molecule has 0 bridgehead atoms. The van der Waals surface area contributed by atoms with Crippen LogP contribution in [0.5, 0.6) is 0 Å². The van der Waals surface area contributed by atoms with Crippen LogP contribution in [0, 0.1) is 0 Å². The van der Waals surface area contributed by atoms with E-state index in [4.69, 9.17) is 10.8 Å². The Bertz CT molecular complexity index is 567. The van der Waals surface area contributed by atoms with Crippen molar-refractivity contribution in [2.24, 2.45) is 0 Å². The second kappa shape index (κ2) is 4.89. The first-order chi connectivity index (χ1) is 8.59. The summed E-state index contributed by atoms with van der Waals surface area (Å²) in [6, 6.07) is 14.5. The molecule has 0 aliphatic heterocycles. The highest BCUT2D eigenvalue weighted by Gasteiger charge is 2.18. The van der Waals surface area contributed by atoms with Crippen LogP contribution in [-0.4, -0.2) is 16.2 Å². The van der Waals surface area contributed by atoms with Gasteiger partial charge in [-0.15, -0.1) is 0 Å². The summed E-state index contributed by atoms with van der Waals surface area (Å²) in [5.74, 6) is -1.31. The Kier molecular flexibility index (Phi) is 3.30. The van der Waals surface area contributed by atoms with Gasteiger partial charge in [0.1, 0.15) is 0 Å². The van der Waals surface area contributed by atoms with Gasteiger partial charge in [0.2, 0.25) is 0 Å². The number of carbonyl (C=O) groups is 1. The quantitative estimate of drug-likeness (QED) is 0.720. The van der Waals surface area contributed by atoms with Crippen LogP contribution in [0.25, 0.3) is 11.1 Å². The second-order valence-electron chi connectivity index (χ2n) is 3.95. The largest absolute Gasteiger partial charge is 0.479 e. The van der Waals surface area contributed by atoms with Crippen LogP contribution in [0.4, 0.5) is 5.69 Å². The molecule has 4 N–H and O–H groups in total. The standard InChI is InChI=1S/C14H13NO3/c15-12-8-10(9-4-2-1-3-5-9)6-7-11(12)13(16)14(17)18/h1-8,13,16H,15H2,(H,17,18). The van der Waals surface area contributed by atoms with Gasteiger partial charge in [-0.25, -0.2) is 4.79 Å². The number of aliphatic hydroxyl groups excluding tert-OH is 1. The third-order valence-electron chi connectivity index (χ3n) is 2.72. The third-order valence-corrected chi connectivity index (χ3v) is 2.72. The van der Waals surface area contributed by atoms with Crippen LogP contribution < -0.4 is 5.73 Å². The SMILES string of the molecule is Nc1cc(-c2ccccc2)ccc1C(O)C(=O)O. The fourth-order valence-electron chi connectivity index (χ4n) is 1.77. The summed E-state index contributed by atoms with van der Waals surface area (Å²) in [5, 5.41) is 18.2. The lowest BCUT2D eigenvalue weighted by Crippen LogP contribution is -2.12. The zero-order valence-corrected chi connectivity index (χ0v) is 9.58. The minimum atomic E-state index is -1.59. The van der Waals surface area contributed by atoms with E-state index >= 15 is 0 Å². The highest BCUT2D eigenvalue weighted by Crippen LogP contribution is 2.27. The second-order valence-corrected chi connectivity index (χ2v) is 3.95. The van der Waals surface area contributed by atoms with Gasteiger partial charge in [-0.1, -0.05) is 42.5 Å². The summed E-state index contributed by atoms with van der Waals surface area (Å²) >= 11 is 0. The van der Waals surface area contributed by atoms with E-state index in [0.29, 0.717) is 0 Å². The van der Waals surface area contributed by atoms with Gasteiger partial charge in [-0.05, 0) is 17.2 Å². The number of nitrogen functional groups attached to an aromatic ring is 1. The maximum absolute atomic E-state index is 10.7. The fourth-order valence-corrected chi connectivity index (χ4v) is 1.77. The van der Waals surface area contributed by atoms with Crippen molar-refractivity contribution in [1.29, 1.82) is 0 Å². The summed E-state index contributed by atoms with van der Waals surface area (Å²) in [4.78, 5) is 10.7. The summed E-state index contributed by atoms with van der Waals surface area (Å²) in [6.07, 6.45) is -1.59. The number of aliphatic hydroxyl groups is 1. The van der Waals surface area contributed by atoms with E-state index in [-0.39, 0.29) is 11.3 Å². The van der Waals surface area contributed by atoms with E-state index in [1.165, 1.54) is 6.07 Å². The van der Waals surface area contributed by atoms with Crippen molar-refractivity contribution < 1.29 is 15.0 Å². The van der Waals surface area contributed by atoms with Crippen molar-refractivity contribution in [3.8, 4) is 11.1 Å². The van der Waals surface area contributed by atoms with Gasteiger partial charge >= 0.3 is 5.97 Å². The van der Waals surface area contributed by atoms with Gasteiger partial charge in [-0.3, -0.25) is 0 Å². The molecular weight excluding hydrogens is 230 g/mol. The van der Waals surface area contributed by atoms with E-state index < -0.39 is 12.1 Å². The molecule has 4 heteroatoms. The Hall–Kier alpha value is -2.33. The van der Waals surface area contributed by atoms with Crippen LogP contribution in [0.3, 0.4) is 0 Å². The lowest BCUT2D eigenvalue weighted by atomic mass is 10.00. The first kappa shape index (κ1) is 12.1. The van der Waals surface area contributed by atoms with Crippen LogP contribution in [-0.2, 0) is 4.79 Å². The lowest BCUT2D eigenvalue weighted by molar-refractivity contribution is -0.146. The minimum absolute atomic E-state index is 0.210. The molecule has 0 aliphatic carbocycles. The highest BCUT2D eigenvalue weighted by atomic mass is 16.4.